The Hall–Kier alpha value is -7.19. The number of H-pyrrole nitrogens is 1. The molecule has 0 saturated carbocycles. The maximum Gasteiger partial charge on any atom is 0.243 e. The highest BCUT2D eigenvalue weighted by molar-refractivity contribution is 5.98. The van der Waals surface area contributed by atoms with Crippen molar-refractivity contribution in [3.05, 3.63) is 71.9 Å². The summed E-state index contributed by atoms with van der Waals surface area (Å²) in [6.07, 6.45) is 2.96. The van der Waals surface area contributed by atoms with E-state index in [1.807, 2.05) is 31.2 Å². The van der Waals surface area contributed by atoms with Crippen molar-refractivity contribution in [2.75, 3.05) is 13.1 Å². The van der Waals surface area contributed by atoms with Gasteiger partial charge in [-0.05, 0) is 55.7 Å². The second-order valence-corrected chi connectivity index (χ2v) is 15.7. The average Bonchev–Trinajstić information content (AvgIpc) is 3.67. The first-order valence-corrected chi connectivity index (χ1v) is 21.4. The lowest BCUT2D eigenvalue weighted by Crippen LogP contribution is -2.60. The van der Waals surface area contributed by atoms with Gasteiger partial charge >= 0.3 is 0 Å². The second-order valence-electron chi connectivity index (χ2n) is 15.7. The van der Waals surface area contributed by atoms with Gasteiger partial charge in [0.1, 0.15) is 36.3 Å². The molecular formula is C43H62N14O7. The maximum atomic E-state index is 14.4. The SMILES string of the molecule is CCCC[C@@H]1NC(=O)CC[C@@H](C(N)=O)NC(=O)[C@H](Cc2c[nH]c3ccccc23)NC(=O)[C@H](CCCN=C(N)N)NC(=O)[C@@H](Cc2ccccc2)NC(=O)[C@H](CCCN=C(N)N)NC1=O. The molecule has 0 aliphatic carbocycles. The van der Waals surface area contributed by atoms with Crippen LogP contribution in [-0.2, 0) is 46.4 Å². The van der Waals surface area contributed by atoms with Crippen LogP contribution >= 0.6 is 0 Å². The van der Waals surface area contributed by atoms with Crippen LogP contribution in [0.25, 0.3) is 10.9 Å². The number of nitrogens with one attached hydrogen (secondary N) is 7. The second kappa shape index (κ2) is 25.1. The predicted molar refractivity (Wildman–Crippen MR) is 242 cm³/mol. The molecule has 17 N–H and O–H groups in total. The monoisotopic (exact) mass is 886 g/mol. The standard InChI is InChI=1S/C43H62N14O7/c1-2-3-14-30-37(60)54-31(16-9-20-49-42(45)46)38(61)56-33(22-25-11-5-4-6-12-25)40(63)55-32(17-10-21-50-43(47)48)39(62)57-34(23-26-24-51-28-15-8-7-13-27(26)28)41(64)53-29(36(44)59)18-19-35(58)52-30/h4-8,11-13,15,24,29-34,51H,2-3,9-10,14,16-23H2,1H3,(H2,44,59)(H,52,58)(H,53,64)(H,54,60)(H,55,63)(H,56,61)(H,57,62)(H4,45,46,49)(H4,47,48,50)/t29-,30-,31-,32-,33+,34-/m0/s1. The number of rotatable bonds is 16. The first kappa shape index (κ1) is 49.5. The number of amides is 7. The van der Waals surface area contributed by atoms with E-state index in [1.165, 1.54) is 0 Å². The van der Waals surface area contributed by atoms with Crippen molar-refractivity contribution in [3.8, 4) is 0 Å². The molecular weight excluding hydrogens is 825 g/mol. The summed E-state index contributed by atoms with van der Waals surface area (Å²) >= 11 is 0. The van der Waals surface area contributed by atoms with Crippen LogP contribution in [0.5, 0.6) is 0 Å². The third-order valence-electron chi connectivity index (χ3n) is 10.6. The van der Waals surface area contributed by atoms with Gasteiger partial charge in [-0.3, -0.25) is 43.5 Å². The van der Waals surface area contributed by atoms with Crippen molar-refractivity contribution in [3.63, 3.8) is 0 Å². The van der Waals surface area contributed by atoms with Crippen molar-refractivity contribution >= 4 is 64.2 Å². The number of primary amides is 1. The molecule has 0 spiro atoms. The van der Waals surface area contributed by atoms with Gasteiger partial charge in [0.05, 0.1) is 0 Å². The van der Waals surface area contributed by atoms with Crippen molar-refractivity contribution in [2.45, 2.75) is 114 Å². The summed E-state index contributed by atoms with van der Waals surface area (Å²) in [7, 11) is 0. The third kappa shape index (κ3) is 15.9. The van der Waals surface area contributed by atoms with Crippen molar-refractivity contribution < 1.29 is 33.6 Å². The van der Waals surface area contributed by atoms with Crippen LogP contribution in [0.15, 0.2) is 70.8 Å². The van der Waals surface area contributed by atoms with E-state index in [-0.39, 0.29) is 82.8 Å². The Morgan fingerprint density at radius 3 is 1.64 bits per heavy atom. The molecule has 4 rings (SSSR count). The Labute approximate surface area is 371 Å². The number of guanidine groups is 2. The van der Waals surface area contributed by atoms with Crippen molar-refractivity contribution in [1.82, 2.24) is 36.9 Å². The lowest BCUT2D eigenvalue weighted by atomic mass is 10.0. The normalized spacial score (nSPS) is 21.8. The molecule has 1 saturated heterocycles. The van der Waals surface area contributed by atoms with Crippen LogP contribution in [0, 0.1) is 0 Å². The molecule has 64 heavy (non-hydrogen) atoms. The minimum Gasteiger partial charge on any atom is -0.370 e. The highest BCUT2D eigenvalue weighted by atomic mass is 16.2. The third-order valence-corrected chi connectivity index (χ3v) is 10.6. The number of nitrogens with zero attached hydrogens (tertiary/aromatic N) is 2. The Kier molecular flexibility index (Phi) is 19.4. The fraction of sp³-hybridized carbons (Fsp3) is 0.465. The highest BCUT2D eigenvalue weighted by Crippen LogP contribution is 2.20. The molecule has 21 heteroatoms. The predicted octanol–water partition coefficient (Wildman–Crippen LogP) is -1.56. The molecule has 346 valence electrons. The molecule has 6 atom stereocenters. The quantitative estimate of drug-likeness (QED) is 0.0443. The number of benzene rings is 2. The molecule has 3 aromatic rings. The molecule has 0 unspecified atom stereocenters. The fourth-order valence-corrected chi connectivity index (χ4v) is 7.20. The van der Waals surface area contributed by atoms with Gasteiger partial charge in [-0.1, -0.05) is 68.3 Å². The van der Waals surface area contributed by atoms with E-state index in [4.69, 9.17) is 28.7 Å². The zero-order valence-electron chi connectivity index (χ0n) is 36.1. The van der Waals surface area contributed by atoms with Crippen LogP contribution in [0.3, 0.4) is 0 Å². The molecule has 1 fully saturated rings. The summed E-state index contributed by atoms with van der Waals surface area (Å²) in [5.74, 6) is -5.60. The summed E-state index contributed by atoms with van der Waals surface area (Å²) in [5, 5.41) is 17.2. The maximum absolute atomic E-state index is 14.4. The number of aromatic amines is 1. The smallest absolute Gasteiger partial charge is 0.243 e. The number of nitrogens with two attached hydrogens (primary N) is 5. The van der Waals surface area contributed by atoms with E-state index in [1.54, 1.807) is 36.5 Å². The van der Waals surface area contributed by atoms with Gasteiger partial charge < -0.3 is 65.6 Å². The van der Waals surface area contributed by atoms with E-state index in [9.17, 15) is 33.6 Å². The molecule has 1 aromatic heterocycles. The summed E-state index contributed by atoms with van der Waals surface area (Å²) in [6, 6.07) is 8.59. The molecule has 0 radical (unpaired) electrons. The molecule has 1 aliphatic rings. The number of unbranched alkanes of at least 4 members (excludes halogenated alkanes) is 1. The van der Waals surface area contributed by atoms with Gasteiger partial charge in [-0.2, -0.15) is 0 Å². The number of para-hydroxylation sites is 1. The molecule has 1 aliphatic heterocycles. The average molecular weight is 887 g/mol. The minimum atomic E-state index is -1.36. The van der Waals surface area contributed by atoms with Gasteiger partial charge in [0.2, 0.25) is 41.4 Å². The van der Waals surface area contributed by atoms with E-state index < -0.39 is 77.6 Å². The number of aromatic nitrogens is 1. The molecule has 2 heterocycles. The first-order chi connectivity index (χ1) is 30.6. The lowest BCUT2D eigenvalue weighted by Gasteiger charge is -2.28. The van der Waals surface area contributed by atoms with Crippen LogP contribution in [0.4, 0.5) is 0 Å². The van der Waals surface area contributed by atoms with E-state index in [0.29, 0.717) is 24.0 Å². The van der Waals surface area contributed by atoms with Gasteiger partial charge in [0.15, 0.2) is 11.9 Å². The Balaban J connectivity index is 1.79. The van der Waals surface area contributed by atoms with Gasteiger partial charge in [0, 0.05) is 49.5 Å². The van der Waals surface area contributed by atoms with Crippen LogP contribution in [-0.4, -0.2) is 108 Å². The van der Waals surface area contributed by atoms with Gasteiger partial charge in [0.25, 0.3) is 0 Å². The summed E-state index contributed by atoms with van der Waals surface area (Å²) in [5.41, 5.74) is 30.0. The topological polar surface area (TPSA) is 362 Å². The number of aliphatic imine (C=N–C) groups is 2. The van der Waals surface area contributed by atoms with Crippen molar-refractivity contribution in [1.29, 1.82) is 0 Å². The number of carbonyl (C=O) groups excluding carboxylic acids is 7. The summed E-state index contributed by atoms with van der Waals surface area (Å²) in [4.78, 5) is 108. The Bertz CT molecular complexity index is 2130. The van der Waals surface area contributed by atoms with Gasteiger partial charge in [-0.25, -0.2) is 0 Å². The molecule has 21 nitrogen and oxygen atoms in total. The van der Waals surface area contributed by atoms with Crippen molar-refractivity contribution in [2.24, 2.45) is 38.7 Å². The van der Waals surface area contributed by atoms with Crippen LogP contribution in [0.2, 0.25) is 0 Å². The molecule has 2 aromatic carbocycles. The highest BCUT2D eigenvalue weighted by Gasteiger charge is 2.34. The minimum absolute atomic E-state index is 0.0105. The van der Waals surface area contributed by atoms with E-state index in [0.717, 1.165) is 10.9 Å². The number of fused-ring (bicyclic) bond motifs is 1. The summed E-state index contributed by atoms with van der Waals surface area (Å²) in [6.45, 7) is 2.13. The van der Waals surface area contributed by atoms with Gasteiger partial charge in [-0.15, -0.1) is 0 Å². The zero-order chi connectivity index (χ0) is 46.6. The van der Waals surface area contributed by atoms with E-state index in [2.05, 4.69) is 46.9 Å². The first-order valence-electron chi connectivity index (χ1n) is 21.4. The summed E-state index contributed by atoms with van der Waals surface area (Å²) < 4.78 is 0. The van der Waals surface area contributed by atoms with E-state index >= 15 is 0 Å². The Morgan fingerprint density at radius 1 is 0.594 bits per heavy atom. The van der Waals surface area contributed by atoms with Crippen LogP contribution < -0.4 is 60.6 Å². The number of carbonyl (C=O) groups is 7. The molecule has 0 bridgehead atoms. The lowest BCUT2D eigenvalue weighted by molar-refractivity contribution is -0.136. The largest absolute Gasteiger partial charge is 0.370 e. The number of hydrogen-bond acceptors (Lipinski definition) is 9. The fourth-order valence-electron chi connectivity index (χ4n) is 7.20. The Morgan fingerprint density at radius 2 is 1.08 bits per heavy atom. The zero-order valence-corrected chi connectivity index (χ0v) is 36.1. The van der Waals surface area contributed by atoms with Crippen LogP contribution in [0.1, 0.15) is 75.8 Å². The number of hydrogen-bond donors (Lipinski definition) is 12. The molecule has 7 amide bonds.